The number of rotatable bonds is 2. The Kier molecular flexibility index (Phi) is 4.55. The quantitative estimate of drug-likeness (QED) is 0.241. The van der Waals surface area contributed by atoms with Gasteiger partial charge in [-0.1, -0.05) is 97.1 Å². The van der Waals surface area contributed by atoms with Crippen molar-refractivity contribution in [3.8, 4) is 0 Å². The van der Waals surface area contributed by atoms with Crippen LogP contribution in [0.4, 0.5) is 34.1 Å². The Labute approximate surface area is 221 Å². The van der Waals surface area contributed by atoms with Crippen molar-refractivity contribution >= 4 is 66.4 Å². The summed E-state index contributed by atoms with van der Waals surface area (Å²) in [5.41, 5.74) is 6.99. The molecular formula is C36H24N2. The minimum absolute atomic E-state index is 1.16. The van der Waals surface area contributed by atoms with Gasteiger partial charge in [0.15, 0.2) is 0 Å². The van der Waals surface area contributed by atoms with Gasteiger partial charge < -0.3 is 9.80 Å². The number of anilines is 6. The highest BCUT2D eigenvalue weighted by Gasteiger charge is 2.31. The number of hydrogen-bond donors (Lipinski definition) is 0. The van der Waals surface area contributed by atoms with Gasteiger partial charge in [0.2, 0.25) is 0 Å². The van der Waals surface area contributed by atoms with E-state index in [1.165, 1.54) is 55.1 Å². The molecular weight excluding hydrogens is 460 g/mol. The number of benzene rings is 7. The van der Waals surface area contributed by atoms with Crippen LogP contribution in [0.3, 0.4) is 0 Å². The van der Waals surface area contributed by atoms with Gasteiger partial charge >= 0.3 is 0 Å². The fraction of sp³-hybridized carbons (Fsp3) is 0. The Morgan fingerprint density at radius 2 is 0.605 bits per heavy atom. The SMILES string of the molecule is c1ccc2c(c1)N(c1ccc3ccccc3c1)c1cc3ccccc3cc1N2c1ccc2ccccc2c1. The molecule has 0 saturated heterocycles. The van der Waals surface area contributed by atoms with Crippen LogP contribution in [-0.2, 0) is 0 Å². The molecule has 7 aromatic carbocycles. The molecule has 0 N–H and O–H groups in total. The molecule has 0 saturated carbocycles. The van der Waals surface area contributed by atoms with Gasteiger partial charge in [-0.2, -0.15) is 0 Å². The van der Waals surface area contributed by atoms with E-state index in [1.54, 1.807) is 0 Å². The third-order valence-corrected chi connectivity index (χ3v) is 7.67. The summed E-state index contributed by atoms with van der Waals surface area (Å²) in [7, 11) is 0. The second-order valence-corrected chi connectivity index (χ2v) is 9.91. The van der Waals surface area contributed by atoms with Crippen molar-refractivity contribution in [2.75, 3.05) is 9.80 Å². The van der Waals surface area contributed by atoms with Crippen LogP contribution in [0, 0.1) is 0 Å². The summed E-state index contributed by atoms with van der Waals surface area (Å²) < 4.78 is 0. The summed E-state index contributed by atoms with van der Waals surface area (Å²) in [6.07, 6.45) is 0. The van der Waals surface area contributed by atoms with Crippen LogP contribution in [0.1, 0.15) is 0 Å². The van der Waals surface area contributed by atoms with Crippen LogP contribution in [0.5, 0.6) is 0 Å². The molecule has 7 aromatic rings. The van der Waals surface area contributed by atoms with E-state index in [1.807, 2.05) is 0 Å². The molecule has 2 nitrogen and oxygen atoms in total. The first kappa shape index (κ1) is 21.0. The first-order valence-corrected chi connectivity index (χ1v) is 13.0. The summed E-state index contributed by atoms with van der Waals surface area (Å²) in [6, 6.07) is 52.7. The molecule has 0 unspecified atom stereocenters. The van der Waals surface area contributed by atoms with E-state index in [0.29, 0.717) is 0 Å². The highest BCUT2D eigenvalue weighted by atomic mass is 15.3. The molecule has 38 heavy (non-hydrogen) atoms. The molecule has 0 fully saturated rings. The van der Waals surface area contributed by atoms with Gasteiger partial charge in [-0.3, -0.25) is 0 Å². The van der Waals surface area contributed by atoms with Crippen LogP contribution in [-0.4, -0.2) is 0 Å². The second kappa shape index (κ2) is 8.22. The van der Waals surface area contributed by atoms with Crippen molar-refractivity contribution < 1.29 is 0 Å². The maximum Gasteiger partial charge on any atom is 0.0709 e. The molecule has 0 spiro atoms. The lowest BCUT2D eigenvalue weighted by atomic mass is 9.99. The van der Waals surface area contributed by atoms with E-state index in [-0.39, 0.29) is 0 Å². The molecule has 0 aliphatic carbocycles. The summed E-state index contributed by atoms with van der Waals surface area (Å²) in [5.74, 6) is 0. The largest absolute Gasteiger partial charge is 0.306 e. The van der Waals surface area contributed by atoms with Gasteiger partial charge in [0, 0.05) is 11.4 Å². The van der Waals surface area contributed by atoms with Crippen molar-refractivity contribution in [3.05, 3.63) is 146 Å². The van der Waals surface area contributed by atoms with E-state index in [2.05, 4.69) is 155 Å². The van der Waals surface area contributed by atoms with Gasteiger partial charge in [-0.15, -0.1) is 0 Å². The summed E-state index contributed by atoms with van der Waals surface area (Å²) in [4.78, 5) is 4.84. The summed E-state index contributed by atoms with van der Waals surface area (Å²) >= 11 is 0. The highest BCUT2D eigenvalue weighted by Crippen LogP contribution is 2.55. The molecule has 178 valence electrons. The minimum atomic E-state index is 1.16. The highest BCUT2D eigenvalue weighted by molar-refractivity contribution is 6.07. The standard InChI is InChI=1S/C36H24N2/c1-3-11-27-21-31(19-17-25(27)9-1)37-33-15-7-8-16-34(33)38(32-20-18-26-10-2-4-12-28(26)22-32)36-24-30-14-6-5-13-29(30)23-35(36)37/h1-24H. The first-order valence-electron chi connectivity index (χ1n) is 13.0. The van der Waals surface area contributed by atoms with Crippen molar-refractivity contribution in [2.45, 2.75) is 0 Å². The fourth-order valence-corrected chi connectivity index (χ4v) is 5.86. The zero-order valence-electron chi connectivity index (χ0n) is 20.8. The Morgan fingerprint density at radius 1 is 0.263 bits per heavy atom. The van der Waals surface area contributed by atoms with Crippen molar-refractivity contribution in [3.63, 3.8) is 0 Å². The Bertz CT molecular complexity index is 1860. The monoisotopic (exact) mass is 484 g/mol. The average molecular weight is 485 g/mol. The Balaban J connectivity index is 1.43. The lowest BCUT2D eigenvalue weighted by molar-refractivity contribution is 1.18. The van der Waals surface area contributed by atoms with Gasteiger partial charge in [0.25, 0.3) is 0 Å². The lowest BCUT2D eigenvalue weighted by Crippen LogP contribution is -2.24. The molecule has 0 bridgehead atoms. The normalized spacial score (nSPS) is 12.6. The Morgan fingerprint density at radius 3 is 1.03 bits per heavy atom. The lowest BCUT2D eigenvalue weighted by Gasteiger charge is -2.40. The molecule has 1 aliphatic heterocycles. The summed E-state index contributed by atoms with van der Waals surface area (Å²) in [5, 5.41) is 7.43. The van der Waals surface area contributed by atoms with E-state index < -0.39 is 0 Å². The van der Waals surface area contributed by atoms with Crippen molar-refractivity contribution in [1.29, 1.82) is 0 Å². The Hall–Kier alpha value is -5.08. The maximum absolute atomic E-state index is 2.42. The first-order chi connectivity index (χ1) is 18.8. The molecule has 2 heteroatoms. The van der Waals surface area contributed by atoms with Crippen molar-refractivity contribution in [2.24, 2.45) is 0 Å². The predicted octanol–water partition coefficient (Wildman–Crippen LogP) is 10.4. The zero-order chi connectivity index (χ0) is 25.1. The van der Waals surface area contributed by atoms with Crippen molar-refractivity contribution in [1.82, 2.24) is 0 Å². The van der Waals surface area contributed by atoms with E-state index in [0.717, 1.165) is 11.4 Å². The second-order valence-electron chi connectivity index (χ2n) is 9.91. The smallest absolute Gasteiger partial charge is 0.0709 e. The van der Waals surface area contributed by atoms with Crippen LogP contribution >= 0.6 is 0 Å². The van der Waals surface area contributed by atoms with Gasteiger partial charge in [-0.25, -0.2) is 0 Å². The number of nitrogens with zero attached hydrogens (tertiary/aromatic N) is 2. The summed E-state index contributed by atoms with van der Waals surface area (Å²) in [6.45, 7) is 0. The third kappa shape index (κ3) is 3.21. The van der Waals surface area contributed by atoms with E-state index in [9.17, 15) is 0 Å². The van der Waals surface area contributed by atoms with Crippen LogP contribution < -0.4 is 9.80 Å². The van der Waals surface area contributed by atoms with Crippen LogP contribution in [0.25, 0.3) is 32.3 Å². The molecule has 0 atom stereocenters. The molecule has 8 rings (SSSR count). The molecule has 0 radical (unpaired) electrons. The van der Waals surface area contributed by atoms with Gasteiger partial charge in [-0.05, 0) is 80.8 Å². The maximum atomic E-state index is 2.42. The molecule has 0 aromatic heterocycles. The average Bonchev–Trinajstić information content (AvgIpc) is 2.98. The third-order valence-electron chi connectivity index (χ3n) is 7.67. The number of hydrogen-bond acceptors (Lipinski definition) is 2. The van der Waals surface area contributed by atoms with Crippen LogP contribution in [0.15, 0.2) is 146 Å². The van der Waals surface area contributed by atoms with Gasteiger partial charge in [0.05, 0.1) is 22.7 Å². The number of fused-ring (bicyclic) bond motifs is 5. The molecule has 0 amide bonds. The molecule has 1 heterocycles. The van der Waals surface area contributed by atoms with E-state index in [4.69, 9.17) is 0 Å². The van der Waals surface area contributed by atoms with E-state index >= 15 is 0 Å². The zero-order valence-corrected chi connectivity index (χ0v) is 20.8. The van der Waals surface area contributed by atoms with Crippen LogP contribution in [0.2, 0.25) is 0 Å². The topological polar surface area (TPSA) is 6.48 Å². The number of para-hydroxylation sites is 2. The fourth-order valence-electron chi connectivity index (χ4n) is 5.86. The molecule has 1 aliphatic rings. The predicted molar refractivity (Wildman–Crippen MR) is 162 cm³/mol. The minimum Gasteiger partial charge on any atom is -0.306 e. The van der Waals surface area contributed by atoms with Gasteiger partial charge in [0.1, 0.15) is 0 Å².